The molecule has 0 radical (unpaired) electrons. The third-order valence-corrected chi connectivity index (χ3v) is 8.15. The first-order chi connectivity index (χ1) is 21.6. The number of benzene rings is 2. The number of carbonyl (C=O) groups excluding carboxylic acids is 5. The van der Waals surface area contributed by atoms with Gasteiger partial charge in [-0.15, -0.1) is 0 Å². The van der Waals surface area contributed by atoms with Gasteiger partial charge in [-0.1, -0.05) is 60.7 Å². The van der Waals surface area contributed by atoms with Crippen molar-refractivity contribution in [2.75, 3.05) is 6.54 Å². The fraction of sp³-hybridized carbons (Fsp3) is 0.438. The number of carboxylic acids is 1. The molecule has 45 heavy (non-hydrogen) atoms. The van der Waals surface area contributed by atoms with Gasteiger partial charge in [0.15, 0.2) is 0 Å². The normalized spacial score (nSPS) is 20.3. The highest BCUT2D eigenvalue weighted by Crippen LogP contribution is 2.33. The Hall–Kier alpha value is -4.94. The van der Waals surface area contributed by atoms with Crippen LogP contribution in [0.25, 0.3) is 0 Å². The number of urea groups is 1. The van der Waals surface area contributed by atoms with Crippen LogP contribution in [0, 0.1) is 0 Å². The van der Waals surface area contributed by atoms with Crippen LogP contribution in [0.4, 0.5) is 4.79 Å². The van der Waals surface area contributed by atoms with E-state index >= 15 is 0 Å². The Morgan fingerprint density at radius 3 is 2.18 bits per heavy atom. The summed E-state index contributed by atoms with van der Waals surface area (Å²) in [6, 6.07) is 13.8. The lowest BCUT2D eigenvalue weighted by Crippen LogP contribution is -2.60. The summed E-state index contributed by atoms with van der Waals surface area (Å²) in [4.78, 5) is 77.6. The molecule has 13 heteroatoms. The molecule has 7 N–H and O–H groups in total. The fourth-order valence-corrected chi connectivity index (χ4v) is 6.04. The molecule has 2 aliphatic rings. The zero-order valence-corrected chi connectivity index (χ0v) is 24.9. The maximum Gasteiger partial charge on any atom is 0.312 e. The van der Waals surface area contributed by atoms with Crippen LogP contribution < -0.4 is 27.0 Å². The topological polar surface area (TPSA) is 200 Å². The van der Waals surface area contributed by atoms with Gasteiger partial charge >= 0.3 is 12.0 Å². The van der Waals surface area contributed by atoms with Gasteiger partial charge in [0, 0.05) is 18.6 Å². The average Bonchev–Trinajstić information content (AvgIpc) is 3.44. The largest absolute Gasteiger partial charge is 0.481 e. The number of carbonyl (C=O) groups is 6. The highest BCUT2D eigenvalue weighted by molar-refractivity contribution is 5.95. The summed E-state index contributed by atoms with van der Waals surface area (Å²) in [5, 5.41) is 20.1. The number of piperidine rings is 1. The Kier molecular flexibility index (Phi) is 11.5. The minimum Gasteiger partial charge on any atom is -0.481 e. The maximum absolute atomic E-state index is 13.6. The summed E-state index contributed by atoms with van der Waals surface area (Å²) in [5.41, 5.74) is 6.82. The van der Waals surface area contributed by atoms with Gasteiger partial charge in [0.25, 0.3) is 0 Å². The lowest BCUT2D eigenvalue weighted by molar-refractivity contribution is -0.146. The molecule has 5 atom stereocenters. The third kappa shape index (κ3) is 9.52. The number of carboxylic acid groups (broad SMARTS) is 1. The molecule has 2 aromatic carbocycles. The molecule has 13 nitrogen and oxygen atoms in total. The molecule has 240 valence electrons. The molecule has 0 saturated carbocycles. The summed E-state index contributed by atoms with van der Waals surface area (Å²) >= 11 is 0. The van der Waals surface area contributed by atoms with Crippen molar-refractivity contribution < 1.29 is 33.9 Å². The maximum atomic E-state index is 13.6. The van der Waals surface area contributed by atoms with Crippen LogP contribution in [-0.2, 0) is 36.8 Å². The molecule has 2 aliphatic heterocycles. The third-order valence-electron chi connectivity index (χ3n) is 8.15. The van der Waals surface area contributed by atoms with E-state index in [0.29, 0.717) is 25.7 Å². The number of hydrogen-bond donors (Lipinski definition) is 6. The number of nitrogens with one attached hydrogen (secondary N) is 4. The van der Waals surface area contributed by atoms with Gasteiger partial charge in [-0.3, -0.25) is 24.0 Å². The first-order valence-electron chi connectivity index (χ1n) is 15.2. The van der Waals surface area contributed by atoms with Crippen LogP contribution in [0.1, 0.15) is 49.7 Å². The van der Waals surface area contributed by atoms with Crippen LogP contribution in [0.5, 0.6) is 0 Å². The molecule has 0 aromatic heterocycles. The Morgan fingerprint density at radius 1 is 0.889 bits per heavy atom. The summed E-state index contributed by atoms with van der Waals surface area (Å²) in [7, 11) is 0. The van der Waals surface area contributed by atoms with Gasteiger partial charge in [-0.2, -0.15) is 0 Å². The van der Waals surface area contributed by atoms with Crippen molar-refractivity contribution in [1.82, 2.24) is 26.2 Å². The van der Waals surface area contributed by atoms with Crippen LogP contribution in [0.3, 0.4) is 0 Å². The summed E-state index contributed by atoms with van der Waals surface area (Å²) in [6.07, 6.45) is 2.09. The number of amides is 6. The predicted octanol–water partition coefficient (Wildman–Crippen LogP) is 0.613. The second-order valence-corrected chi connectivity index (χ2v) is 11.5. The van der Waals surface area contributed by atoms with Crippen molar-refractivity contribution in [2.45, 2.75) is 81.6 Å². The number of rotatable bonds is 14. The van der Waals surface area contributed by atoms with Gasteiger partial charge < -0.3 is 37.0 Å². The number of aliphatic carboxylic acids is 1. The van der Waals surface area contributed by atoms with Gasteiger partial charge in [-0.25, -0.2) is 4.79 Å². The molecule has 0 aliphatic carbocycles. The number of nitrogens with two attached hydrogens (primary N) is 1. The molecule has 4 rings (SSSR count). The van der Waals surface area contributed by atoms with E-state index in [1.165, 1.54) is 4.90 Å². The Morgan fingerprint density at radius 2 is 1.53 bits per heavy atom. The number of primary amides is 1. The lowest BCUT2D eigenvalue weighted by Gasteiger charge is -2.38. The smallest absolute Gasteiger partial charge is 0.312 e. The molecule has 2 aromatic rings. The van der Waals surface area contributed by atoms with Crippen LogP contribution in [0.15, 0.2) is 60.7 Å². The van der Waals surface area contributed by atoms with Crippen molar-refractivity contribution in [2.24, 2.45) is 5.73 Å². The van der Waals surface area contributed by atoms with Crippen LogP contribution in [-0.4, -0.2) is 82.4 Å². The van der Waals surface area contributed by atoms with E-state index in [9.17, 15) is 33.9 Å². The van der Waals surface area contributed by atoms with Gasteiger partial charge in [0.1, 0.15) is 18.1 Å². The van der Waals surface area contributed by atoms with E-state index in [-0.39, 0.29) is 50.1 Å². The minimum absolute atomic E-state index is 0.0199. The van der Waals surface area contributed by atoms with Crippen LogP contribution in [0.2, 0.25) is 0 Å². The highest BCUT2D eigenvalue weighted by Gasteiger charge is 2.46. The van der Waals surface area contributed by atoms with Crippen molar-refractivity contribution >= 4 is 35.6 Å². The zero-order chi connectivity index (χ0) is 32.3. The standard InChI is InChI=1S/C32H40N6O7/c33-32(45)34-16-15-24(29(42)35-22(19-28(40)41)17-20-7-3-1-4-8-20)37-30(43)26-14-12-23-11-13-25(31(44)38(23)26)36-27(39)18-21-9-5-2-6-10-21/h1-10,22-26H,11-19H2,(H,35,42)(H,36,39)(H,37,43)(H,40,41)(H3,33,34,45)/t22-,23-,24-,25?,26-/m0/s1. The predicted molar refractivity (Wildman–Crippen MR) is 163 cm³/mol. The number of fused-ring (bicyclic) bond motifs is 1. The monoisotopic (exact) mass is 620 g/mol. The van der Waals surface area contributed by atoms with E-state index in [4.69, 9.17) is 5.73 Å². The van der Waals surface area contributed by atoms with Crippen molar-refractivity contribution in [3.05, 3.63) is 71.8 Å². The van der Waals surface area contributed by atoms with Crippen molar-refractivity contribution in [3.8, 4) is 0 Å². The summed E-state index contributed by atoms with van der Waals surface area (Å²) in [6.45, 7) is -0.0264. The van der Waals surface area contributed by atoms with Crippen LogP contribution >= 0.6 is 0 Å². The summed E-state index contributed by atoms with van der Waals surface area (Å²) in [5.74, 6) is -2.89. The molecule has 1 unspecified atom stereocenters. The second-order valence-electron chi connectivity index (χ2n) is 11.5. The average molecular weight is 621 g/mol. The SMILES string of the molecule is NC(=O)NCC[C@H](NC(=O)[C@@H]1CC[C@@H]2CCC(NC(=O)Cc3ccccc3)C(=O)N21)C(=O)N[C@H](CC(=O)O)Cc1ccccc1. The molecular weight excluding hydrogens is 580 g/mol. The van der Waals surface area contributed by atoms with E-state index in [2.05, 4.69) is 21.3 Å². The fourth-order valence-electron chi connectivity index (χ4n) is 6.04. The molecule has 0 bridgehead atoms. The lowest BCUT2D eigenvalue weighted by atomic mass is 9.97. The first-order valence-corrected chi connectivity index (χ1v) is 15.2. The van der Waals surface area contributed by atoms with Crippen molar-refractivity contribution in [3.63, 3.8) is 0 Å². The van der Waals surface area contributed by atoms with Gasteiger partial charge in [0.2, 0.25) is 23.6 Å². The molecule has 6 amide bonds. The Labute approximate surface area is 261 Å². The Balaban J connectivity index is 1.42. The van der Waals surface area contributed by atoms with E-state index in [1.54, 1.807) is 0 Å². The van der Waals surface area contributed by atoms with Gasteiger partial charge in [0.05, 0.1) is 12.8 Å². The summed E-state index contributed by atoms with van der Waals surface area (Å²) < 4.78 is 0. The molecule has 2 fully saturated rings. The number of hydrogen-bond acceptors (Lipinski definition) is 6. The quantitative estimate of drug-likeness (QED) is 0.178. The van der Waals surface area contributed by atoms with E-state index in [1.807, 2.05) is 60.7 Å². The van der Waals surface area contributed by atoms with Gasteiger partial charge in [-0.05, 0) is 49.7 Å². The molecule has 0 spiro atoms. The minimum atomic E-state index is -1.14. The van der Waals surface area contributed by atoms with E-state index in [0.717, 1.165) is 11.1 Å². The Bertz CT molecular complexity index is 1370. The highest BCUT2D eigenvalue weighted by atomic mass is 16.4. The molecule has 2 saturated heterocycles. The number of nitrogens with zero attached hydrogens (tertiary/aromatic N) is 1. The van der Waals surface area contributed by atoms with E-state index < -0.39 is 48.0 Å². The molecular formula is C32H40N6O7. The zero-order valence-electron chi connectivity index (χ0n) is 24.9. The van der Waals surface area contributed by atoms with Crippen molar-refractivity contribution in [1.29, 1.82) is 0 Å². The second kappa shape index (κ2) is 15.7. The first kappa shape index (κ1) is 33.0. The molecule has 2 heterocycles.